The molecule has 1 aromatic heterocycles. The minimum Gasteiger partial charge on any atom is -0.280 e. The number of aliphatic imine (C=N–C) groups is 1. The van der Waals surface area contributed by atoms with Crippen LogP contribution in [0.5, 0.6) is 0 Å². The lowest BCUT2D eigenvalue weighted by molar-refractivity contribution is 0.786. The highest BCUT2D eigenvalue weighted by atomic mass is 32.1. The summed E-state index contributed by atoms with van der Waals surface area (Å²) in [6, 6.07) is 15.7. The minimum atomic E-state index is 0.125. The third-order valence-electron chi connectivity index (χ3n) is 7.44. The van der Waals surface area contributed by atoms with Gasteiger partial charge in [0.1, 0.15) is 6.04 Å². The molecule has 2 aromatic carbocycles. The molecular weight excluding hydrogens is 418 g/mol. The summed E-state index contributed by atoms with van der Waals surface area (Å²) >= 11 is 1.91. The lowest BCUT2D eigenvalue weighted by Crippen LogP contribution is -2.29. The highest BCUT2D eigenvalue weighted by molar-refractivity contribution is 7.26. The highest BCUT2D eigenvalue weighted by Crippen LogP contribution is 2.52. The SMILES string of the molecule is C1=CC2=CC3=C4C(=CC=C5C=CC(c6cccc7c6sc6ccccc67)=C(C=C3)C54)C2N=C1. The molecule has 0 N–H and O–H groups in total. The molecular formula is C31H19NS. The van der Waals surface area contributed by atoms with Gasteiger partial charge in [-0.25, -0.2) is 0 Å². The number of hydrogen-bond acceptors (Lipinski definition) is 2. The molecule has 3 aromatic rings. The number of dihydropyridines is 1. The summed E-state index contributed by atoms with van der Waals surface area (Å²) < 4.78 is 2.73. The Balaban J connectivity index is 1.38. The van der Waals surface area contributed by atoms with Gasteiger partial charge in [-0.2, -0.15) is 0 Å². The van der Waals surface area contributed by atoms with Crippen LogP contribution < -0.4 is 0 Å². The van der Waals surface area contributed by atoms with Crippen molar-refractivity contribution in [1.29, 1.82) is 0 Å². The Bertz CT molecular complexity index is 1700. The Hall–Kier alpha value is -3.75. The van der Waals surface area contributed by atoms with Crippen LogP contribution in [0.4, 0.5) is 0 Å². The Kier molecular flexibility index (Phi) is 3.45. The average molecular weight is 438 g/mol. The fraction of sp³-hybridized carbons (Fsp3) is 0.0645. The van der Waals surface area contributed by atoms with Crippen LogP contribution in [-0.4, -0.2) is 12.3 Å². The van der Waals surface area contributed by atoms with E-state index in [1.54, 1.807) is 0 Å². The number of fused-ring (bicyclic) bond motifs is 5. The summed E-state index contributed by atoms with van der Waals surface area (Å²) in [5.41, 5.74) is 10.9. The van der Waals surface area contributed by atoms with Gasteiger partial charge in [-0.1, -0.05) is 78.9 Å². The fourth-order valence-electron chi connectivity index (χ4n) is 6.01. The van der Waals surface area contributed by atoms with Crippen molar-refractivity contribution in [3.63, 3.8) is 0 Å². The lowest BCUT2D eigenvalue weighted by atomic mass is 9.65. The Morgan fingerprint density at radius 2 is 1.73 bits per heavy atom. The zero-order valence-corrected chi connectivity index (χ0v) is 18.6. The summed E-state index contributed by atoms with van der Waals surface area (Å²) in [4.78, 5) is 4.83. The molecule has 0 amide bonds. The second-order valence-electron chi connectivity index (χ2n) is 9.11. The molecule has 1 nitrogen and oxygen atoms in total. The predicted molar refractivity (Wildman–Crippen MR) is 141 cm³/mol. The molecule has 5 aliphatic rings. The van der Waals surface area contributed by atoms with Crippen molar-refractivity contribution in [3.05, 3.63) is 136 Å². The zero-order chi connectivity index (χ0) is 21.5. The third-order valence-corrected chi connectivity index (χ3v) is 8.66. The van der Waals surface area contributed by atoms with E-state index >= 15 is 0 Å². The van der Waals surface area contributed by atoms with Gasteiger partial charge in [-0.15, -0.1) is 11.3 Å². The Morgan fingerprint density at radius 1 is 0.788 bits per heavy atom. The van der Waals surface area contributed by atoms with Crippen molar-refractivity contribution in [3.8, 4) is 0 Å². The molecule has 0 saturated heterocycles. The van der Waals surface area contributed by atoms with Gasteiger partial charge in [0.15, 0.2) is 0 Å². The number of hydrogen-bond donors (Lipinski definition) is 0. The molecule has 1 aliphatic heterocycles. The predicted octanol–water partition coefficient (Wildman–Crippen LogP) is 7.68. The van der Waals surface area contributed by atoms with Gasteiger partial charge in [0, 0.05) is 32.3 Å². The van der Waals surface area contributed by atoms with Gasteiger partial charge in [0.05, 0.1) is 0 Å². The molecule has 2 atom stereocenters. The van der Waals surface area contributed by atoms with Crippen molar-refractivity contribution < 1.29 is 0 Å². The first kappa shape index (κ1) is 17.8. The lowest BCUT2D eigenvalue weighted by Gasteiger charge is -2.39. The first-order valence-corrected chi connectivity index (χ1v) is 12.3. The van der Waals surface area contributed by atoms with Crippen molar-refractivity contribution in [2.45, 2.75) is 6.04 Å². The van der Waals surface area contributed by atoms with Crippen LogP contribution in [0.1, 0.15) is 5.56 Å². The van der Waals surface area contributed by atoms with Crippen LogP contribution in [0.3, 0.4) is 0 Å². The molecule has 0 bridgehead atoms. The average Bonchev–Trinajstić information content (AvgIpc) is 3.26. The first-order chi connectivity index (χ1) is 16.4. The van der Waals surface area contributed by atoms with Crippen LogP contribution in [0, 0.1) is 5.92 Å². The molecule has 8 rings (SSSR count). The minimum absolute atomic E-state index is 0.125. The quantitative estimate of drug-likeness (QED) is 0.370. The second kappa shape index (κ2) is 6.40. The zero-order valence-electron chi connectivity index (χ0n) is 17.8. The Labute approximate surface area is 196 Å². The van der Waals surface area contributed by atoms with E-state index in [1.165, 1.54) is 64.7 Å². The largest absolute Gasteiger partial charge is 0.280 e. The molecule has 33 heavy (non-hydrogen) atoms. The summed E-state index contributed by atoms with van der Waals surface area (Å²) in [6.07, 6.45) is 22.5. The maximum atomic E-state index is 4.83. The summed E-state index contributed by atoms with van der Waals surface area (Å²) in [7, 11) is 0. The van der Waals surface area contributed by atoms with E-state index < -0.39 is 0 Å². The summed E-state index contributed by atoms with van der Waals surface area (Å²) in [6.45, 7) is 0. The molecule has 154 valence electrons. The summed E-state index contributed by atoms with van der Waals surface area (Å²) in [5.74, 6) is 0.286. The van der Waals surface area contributed by atoms with Crippen LogP contribution in [0.25, 0.3) is 25.7 Å². The number of rotatable bonds is 1. The highest BCUT2D eigenvalue weighted by Gasteiger charge is 2.38. The van der Waals surface area contributed by atoms with Crippen LogP contribution in [0.2, 0.25) is 0 Å². The molecule has 0 radical (unpaired) electrons. The van der Waals surface area contributed by atoms with Crippen LogP contribution >= 0.6 is 11.3 Å². The van der Waals surface area contributed by atoms with Gasteiger partial charge in [0.2, 0.25) is 0 Å². The van der Waals surface area contributed by atoms with Gasteiger partial charge in [-0.05, 0) is 62.8 Å². The van der Waals surface area contributed by atoms with Gasteiger partial charge >= 0.3 is 0 Å². The molecule has 0 saturated carbocycles. The van der Waals surface area contributed by atoms with Gasteiger partial charge < -0.3 is 0 Å². The van der Waals surface area contributed by atoms with Crippen molar-refractivity contribution in [1.82, 2.24) is 0 Å². The van der Waals surface area contributed by atoms with Crippen molar-refractivity contribution >= 4 is 43.3 Å². The number of thiophene rings is 1. The van der Waals surface area contributed by atoms with E-state index in [-0.39, 0.29) is 12.0 Å². The molecule has 2 heterocycles. The van der Waals surface area contributed by atoms with Crippen LogP contribution in [-0.2, 0) is 0 Å². The molecule has 4 aliphatic carbocycles. The van der Waals surface area contributed by atoms with E-state index in [0.717, 1.165) is 0 Å². The van der Waals surface area contributed by atoms with E-state index in [0.29, 0.717) is 0 Å². The normalized spacial score (nSPS) is 24.2. The standard InChI is InChI=1S/C31H19NS/c1-2-9-27-22(6-1)25-8-3-7-24(31(25)33-27)21-13-10-18-11-15-26-29-19(12-14-23(21)28(18)29)17-20-5-4-16-32-30(20)26/h1-17,28,30H. The van der Waals surface area contributed by atoms with E-state index in [9.17, 15) is 0 Å². The van der Waals surface area contributed by atoms with E-state index in [2.05, 4.69) is 91.1 Å². The van der Waals surface area contributed by atoms with Crippen molar-refractivity contribution in [2.75, 3.05) is 0 Å². The smallest absolute Gasteiger partial charge is 0.100 e. The number of nitrogens with zero attached hydrogens (tertiary/aromatic N) is 1. The topological polar surface area (TPSA) is 12.4 Å². The van der Waals surface area contributed by atoms with Gasteiger partial charge in [-0.3, -0.25) is 4.99 Å². The first-order valence-electron chi connectivity index (χ1n) is 11.5. The fourth-order valence-corrected chi connectivity index (χ4v) is 7.24. The second-order valence-corrected chi connectivity index (χ2v) is 10.2. The monoisotopic (exact) mass is 437 g/mol. The van der Waals surface area contributed by atoms with Crippen molar-refractivity contribution in [2.24, 2.45) is 10.9 Å². The molecule has 0 fully saturated rings. The molecule has 0 spiro atoms. The number of benzene rings is 2. The van der Waals surface area contributed by atoms with Gasteiger partial charge in [0.25, 0.3) is 0 Å². The summed E-state index contributed by atoms with van der Waals surface area (Å²) in [5, 5.41) is 2.71. The molecule has 2 heteroatoms. The maximum Gasteiger partial charge on any atom is 0.100 e. The Morgan fingerprint density at radius 3 is 2.73 bits per heavy atom. The van der Waals surface area contributed by atoms with Crippen LogP contribution in [0.15, 0.2) is 136 Å². The maximum absolute atomic E-state index is 4.83. The molecule has 2 unspecified atom stereocenters. The van der Waals surface area contributed by atoms with E-state index in [4.69, 9.17) is 4.99 Å². The van der Waals surface area contributed by atoms with E-state index in [1.807, 2.05) is 23.6 Å². The third kappa shape index (κ3) is 2.34. The number of allylic oxidation sites excluding steroid dienone is 12.